The van der Waals surface area contributed by atoms with Gasteiger partial charge in [0.15, 0.2) is 5.16 Å². The molecule has 0 bridgehead atoms. The van der Waals surface area contributed by atoms with Gasteiger partial charge in [-0.3, -0.25) is 0 Å². The van der Waals surface area contributed by atoms with Gasteiger partial charge in [0.2, 0.25) is 0 Å². The molecule has 74 valence electrons. The van der Waals surface area contributed by atoms with Crippen LogP contribution in [0.4, 0.5) is 0 Å². The molecule has 0 aliphatic carbocycles. The Morgan fingerprint density at radius 2 is 2.23 bits per heavy atom. The first-order valence-electron chi connectivity index (χ1n) is 4.39. The summed E-state index contributed by atoms with van der Waals surface area (Å²) in [6.45, 7) is 4.03. The topological polar surface area (TPSA) is 56.7 Å². The molecule has 0 aliphatic rings. The summed E-state index contributed by atoms with van der Waals surface area (Å²) in [5, 5.41) is 8.96. The number of thioether (sulfide) groups is 1. The zero-order valence-electron chi connectivity index (χ0n) is 8.32. The average molecular weight is 200 g/mol. The number of aromatic nitrogens is 3. The fourth-order valence-corrected chi connectivity index (χ4v) is 1.84. The highest BCUT2D eigenvalue weighted by molar-refractivity contribution is 7.99. The molecule has 2 N–H and O–H groups in total. The normalized spacial score (nSPS) is 13.2. The van der Waals surface area contributed by atoms with E-state index in [0.717, 1.165) is 23.2 Å². The highest BCUT2D eigenvalue weighted by atomic mass is 32.2. The maximum Gasteiger partial charge on any atom is 0.190 e. The summed E-state index contributed by atoms with van der Waals surface area (Å²) in [7, 11) is 1.97. The molecule has 0 saturated heterocycles. The molecular formula is C8H16N4S. The first-order valence-corrected chi connectivity index (χ1v) is 5.38. The third kappa shape index (κ3) is 2.70. The molecule has 1 aromatic heterocycles. The monoisotopic (exact) mass is 200 g/mol. The fourth-order valence-electron chi connectivity index (χ4n) is 0.813. The molecule has 1 aromatic rings. The quantitative estimate of drug-likeness (QED) is 0.735. The number of nitrogens with two attached hydrogens (primary N) is 1. The van der Waals surface area contributed by atoms with E-state index in [4.69, 9.17) is 5.73 Å². The molecular weight excluding hydrogens is 184 g/mol. The molecule has 4 nitrogen and oxygen atoms in total. The van der Waals surface area contributed by atoms with Gasteiger partial charge in [0, 0.05) is 18.8 Å². The van der Waals surface area contributed by atoms with Crippen LogP contribution >= 0.6 is 11.8 Å². The van der Waals surface area contributed by atoms with E-state index in [0.29, 0.717) is 0 Å². The standard InChI is InChI=1S/C8H16N4S/c1-4-7(9)5-13-8-11-10-6(2)12(8)3/h7H,4-5,9H2,1-3H3. The van der Waals surface area contributed by atoms with E-state index in [2.05, 4.69) is 17.1 Å². The fraction of sp³-hybridized carbons (Fsp3) is 0.750. The van der Waals surface area contributed by atoms with Crippen molar-refractivity contribution >= 4 is 11.8 Å². The van der Waals surface area contributed by atoms with Gasteiger partial charge in [0.05, 0.1) is 0 Å². The van der Waals surface area contributed by atoms with E-state index in [1.54, 1.807) is 11.8 Å². The van der Waals surface area contributed by atoms with Crippen LogP contribution in [-0.2, 0) is 7.05 Å². The highest BCUT2D eigenvalue weighted by Crippen LogP contribution is 2.16. The van der Waals surface area contributed by atoms with Crippen LogP contribution in [0.15, 0.2) is 5.16 Å². The second-order valence-electron chi connectivity index (χ2n) is 3.07. The SMILES string of the molecule is CCC(N)CSc1nnc(C)n1C. The molecule has 0 fully saturated rings. The van der Waals surface area contributed by atoms with Crippen LogP contribution < -0.4 is 5.73 Å². The first-order chi connectivity index (χ1) is 6.15. The lowest BCUT2D eigenvalue weighted by molar-refractivity contribution is 0.717. The Bertz CT molecular complexity index is 271. The predicted octanol–water partition coefficient (Wildman–Crippen LogP) is 0.953. The lowest BCUT2D eigenvalue weighted by atomic mass is 10.3. The predicted molar refractivity (Wildman–Crippen MR) is 54.7 cm³/mol. The smallest absolute Gasteiger partial charge is 0.190 e. The molecule has 1 unspecified atom stereocenters. The van der Waals surface area contributed by atoms with Crippen LogP contribution in [0.3, 0.4) is 0 Å². The van der Waals surface area contributed by atoms with Crippen molar-refractivity contribution in [3.05, 3.63) is 5.82 Å². The summed E-state index contributed by atoms with van der Waals surface area (Å²) in [5.74, 6) is 1.84. The van der Waals surface area contributed by atoms with Crippen molar-refractivity contribution in [1.29, 1.82) is 0 Å². The van der Waals surface area contributed by atoms with Crippen LogP contribution in [0.5, 0.6) is 0 Å². The van der Waals surface area contributed by atoms with Gasteiger partial charge >= 0.3 is 0 Å². The van der Waals surface area contributed by atoms with Gasteiger partial charge < -0.3 is 10.3 Å². The lowest BCUT2D eigenvalue weighted by Crippen LogP contribution is -2.21. The molecule has 0 radical (unpaired) electrons. The van der Waals surface area contributed by atoms with Gasteiger partial charge in [-0.2, -0.15) is 0 Å². The molecule has 0 spiro atoms. The summed E-state index contributed by atoms with van der Waals surface area (Å²) in [4.78, 5) is 0. The van der Waals surface area contributed by atoms with Crippen LogP contribution in [0.1, 0.15) is 19.2 Å². The van der Waals surface area contributed by atoms with Gasteiger partial charge in [-0.25, -0.2) is 0 Å². The number of hydrogen-bond donors (Lipinski definition) is 1. The summed E-state index contributed by atoms with van der Waals surface area (Å²) in [5.41, 5.74) is 5.80. The summed E-state index contributed by atoms with van der Waals surface area (Å²) < 4.78 is 1.98. The van der Waals surface area contributed by atoms with Crippen molar-refractivity contribution in [1.82, 2.24) is 14.8 Å². The van der Waals surface area contributed by atoms with Gasteiger partial charge in [0.25, 0.3) is 0 Å². The Labute approximate surface area is 82.9 Å². The van der Waals surface area contributed by atoms with E-state index in [1.165, 1.54) is 0 Å². The summed E-state index contributed by atoms with van der Waals surface area (Å²) in [6.07, 6.45) is 1.00. The van der Waals surface area contributed by atoms with Crippen molar-refractivity contribution in [2.75, 3.05) is 5.75 Å². The summed E-state index contributed by atoms with van der Waals surface area (Å²) in [6, 6.07) is 0.252. The maximum absolute atomic E-state index is 5.80. The van der Waals surface area contributed by atoms with Gasteiger partial charge in [-0.1, -0.05) is 18.7 Å². The van der Waals surface area contributed by atoms with Crippen LogP contribution in [-0.4, -0.2) is 26.6 Å². The Morgan fingerprint density at radius 3 is 2.69 bits per heavy atom. The van der Waals surface area contributed by atoms with Crippen molar-refractivity contribution < 1.29 is 0 Å². The van der Waals surface area contributed by atoms with Crippen molar-refractivity contribution in [2.45, 2.75) is 31.5 Å². The number of aryl methyl sites for hydroxylation is 1. The second kappa shape index (κ2) is 4.62. The highest BCUT2D eigenvalue weighted by Gasteiger charge is 2.07. The molecule has 0 saturated carbocycles. The van der Waals surface area contributed by atoms with E-state index in [9.17, 15) is 0 Å². The maximum atomic E-state index is 5.80. The van der Waals surface area contributed by atoms with Crippen molar-refractivity contribution in [3.8, 4) is 0 Å². The molecule has 0 aromatic carbocycles. The number of rotatable bonds is 4. The molecule has 13 heavy (non-hydrogen) atoms. The Balaban J connectivity index is 2.50. The largest absolute Gasteiger partial charge is 0.327 e. The first kappa shape index (κ1) is 10.5. The molecule has 1 heterocycles. The van der Waals surface area contributed by atoms with Crippen molar-refractivity contribution in [2.24, 2.45) is 12.8 Å². The number of hydrogen-bond acceptors (Lipinski definition) is 4. The van der Waals surface area contributed by atoms with E-state index >= 15 is 0 Å². The zero-order valence-corrected chi connectivity index (χ0v) is 9.14. The van der Waals surface area contributed by atoms with Crippen molar-refractivity contribution in [3.63, 3.8) is 0 Å². The van der Waals surface area contributed by atoms with Crippen LogP contribution in [0, 0.1) is 6.92 Å². The van der Waals surface area contributed by atoms with Crippen LogP contribution in [0.2, 0.25) is 0 Å². The Morgan fingerprint density at radius 1 is 1.54 bits per heavy atom. The van der Waals surface area contributed by atoms with E-state index < -0.39 is 0 Å². The molecule has 0 amide bonds. The zero-order chi connectivity index (χ0) is 9.84. The number of nitrogens with zero attached hydrogens (tertiary/aromatic N) is 3. The second-order valence-corrected chi connectivity index (χ2v) is 4.06. The van der Waals surface area contributed by atoms with Gasteiger partial charge in [0.1, 0.15) is 5.82 Å². The summed E-state index contributed by atoms with van der Waals surface area (Å²) >= 11 is 1.66. The minimum absolute atomic E-state index is 0.252. The molecule has 1 atom stereocenters. The minimum atomic E-state index is 0.252. The third-order valence-corrected chi connectivity index (χ3v) is 3.21. The van der Waals surface area contributed by atoms with E-state index in [-0.39, 0.29) is 6.04 Å². The van der Waals surface area contributed by atoms with Gasteiger partial charge in [-0.15, -0.1) is 10.2 Å². The Kier molecular flexibility index (Phi) is 3.74. The average Bonchev–Trinajstić information content (AvgIpc) is 2.44. The minimum Gasteiger partial charge on any atom is -0.327 e. The molecule has 0 aliphatic heterocycles. The Hall–Kier alpha value is -0.550. The molecule has 5 heteroatoms. The lowest BCUT2D eigenvalue weighted by Gasteiger charge is -2.06. The van der Waals surface area contributed by atoms with Gasteiger partial charge in [-0.05, 0) is 13.3 Å². The van der Waals surface area contributed by atoms with Crippen LogP contribution in [0.25, 0.3) is 0 Å². The van der Waals surface area contributed by atoms with E-state index in [1.807, 2.05) is 18.5 Å². The third-order valence-electron chi connectivity index (χ3n) is 2.00. The molecule has 1 rings (SSSR count).